The van der Waals surface area contributed by atoms with Crippen LogP contribution < -0.4 is 0 Å². The van der Waals surface area contributed by atoms with Gasteiger partial charge in [0.15, 0.2) is 0 Å². The van der Waals surface area contributed by atoms with Crippen molar-refractivity contribution in [1.82, 2.24) is 4.90 Å². The molecular weight excluding hydrogens is 354 g/mol. The molecule has 0 radical (unpaired) electrons. The second-order valence-corrected chi connectivity index (χ2v) is 6.82. The summed E-state index contributed by atoms with van der Waals surface area (Å²) in [5.41, 5.74) is 2.51. The van der Waals surface area contributed by atoms with Gasteiger partial charge in [0.1, 0.15) is 5.76 Å². The number of Topliss-reactive ketones (excluding diaryl/α,β-unsaturated/α-hetero) is 1. The number of benzene rings is 2. The molecule has 2 aromatic rings. The molecule has 0 aliphatic carbocycles. The topological polar surface area (TPSA) is 66.8 Å². The number of hydrogen-bond acceptors (Lipinski definition) is 4. The zero-order chi connectivity index (χ0) is 20.1. The maximum absolute atomic E-state index is 12.8. The Balaban J connectivity index is 2.03. The van der Waals surface area contributed by atoms with E-state index in [1.807, 2.05) is 56.3 Å². The Morgan fingerprint density at radius 2 is 1.75 bits per heavy atom. The summed E-state index contributed by atoms with van der Waals surface area (Å²) in [6.07, 6.45) is 0.620. The van der Waals surface area contributed by atoms with Crippen molar-refractivity contribution in [2.24, 2.45) is 0 Å². The van der Waals surface area contributed by atoms with E-state index in [1.165, 1.54) is 4.90 Å². The molecule has 0 saturated carbocycles. The molecule has 5 heteroatoms. The smallest absolute Gasteiger partial charge is 0.295 e. The third-order valence-electron chi connectivity index (χ3n) is 4.87. The van der Waals surface area contributed by atoms with Crippen LogP contribution in [0.3, 0.4) is 0 Å². The summed E-state index contributed by atoms with van der Waals surface area (Å²) < 4.78 is 5.37. The van der Waals surface area contributed by atoms with Crippen LogP contribution in [0.1, 0.15) is 36.1 Å². The zero-order valence-corrected chi connectivity index (χ0v) is 16.2. The minimum atomic E-state index is -0.650. The molecule has 0 bridgehead atoms. The molecular formula is C23H25NO4. The van der Waals surface area contributed by atoms with Crippen molar-refractivity contribution in [2.75, 3.05) is 19.8 Å². The largest absolute Gasteiger partial charge is 0.507 e. The first-order valence-electron chi connectivity index (χ1n) is 9.52. The summed E-state index contributed by atoms with van der Waals surface area (Å²) in [6.45, 7) is 5.37. The lowest BCUT2D eigenvalue weighted by atomic mass is 9.95. The number of ketones is 1. The second-order valence-electron chi connectivity index (χ2n) is 6.82. The molecule has 1 saturated heterocycles. The lowest BCUT2D eigenvalue weighted by Gasteiger charge is -2.25. The number of ether oxygens (including phenoxy) is 1. The third-order valence-corrected chi connectivity index (χ3v) is 4.87. The van der Waals surface area contributed by atoms with E-state index < -0.39 is 17.7 Å². The van der Waals surface area contributed by atoms with Gasteiger partial charge in [0.05, 0.1) is 11.6 Å². The normalized spacial score (nSPS) is 18.6. The summed E-state index contributed by atoms with van der Waals surface area (Å²) in [5, 5.41) is 10.9. The number of likely N-dealkylation sites (tertiary alicyclic amines) is 1. The maximum Gasteiger partial charge on any atom is 0.295 e. The highest BCUT2D eigenvalue weighted by molar-refractivity contribution is 6.46. The molecule has 1 atom stereocenters. The van der Waals surface area contributed by atoms with Gasteiger partial charge >= 0.3 is 0 Å². The van der Waals surface area contributed by atoms with E-state index in [9.17, 15) is 14.7 Å². The SMILES string of the molecule is CCOCCCN1C(=O)C(=O)C(=C(O)c2ccc(C)cc2)[C@H]1c1ccccc1. The predicted octanol–water partition coefficient (Wildman–Crippen LogP) is 3.84. The zero-order valence-electron chi connectivity index (χ0n) is 16.2. The Hall–Kier alpha value is -2.92. The molecule has 0 spiro atoms. The molecule has 1 aliphatic heterocycles. The Morgan fingerprint density at radius 3 is 2.39 bits per heavy atom. The van der Waals surface area contributed by atoms with Crippen molar-refractivity contribution in [3.63, 3.8) is 0 Å². The summed E-state index contributed by atoms with van der Waals surface area (Å²) in [7, 11) is 0. The van der Waals surface area contributed by atoms with Crippen molar-refractivity contribution >= 4 is 17.4 Å². The average molecular weight is 379 g/mol. The third kappa shape index (κ3) is 3.99. The fraction of sp³-hybridized carbons (Fsp3) is 0.304. The minimum absolute atomic E-state index is 0.136. The molecule has 146 valence electrons. The fourth-order valence-corrected chi connectivity index (χ4v) is 3.44. The van der Waals surface area contributed by atoms with Crippen LogP contribution >= 0.6 is 0 Å². The van der Waals surface area contributed by atoms with Crippen LogP contribution in [0.4, 0.5) is 0 Å². The van der Waals surface area contributed by atoms with Crippen LogP contribution in [0, 0.1) is 6.92 Å². The summed E-state index contributed by atoms with van der Waals surface area (Å²) in [5.74, 6) is -1.37. The highest BCUT2D eigenvalue weighted by atomic mass is 16.5. The van der Waals surface area contributed by atoms with E-state index in [1.54, 1.807) is 12.1 Å². The van der Waals surface area contributed by atoms with E-state index in [4.69, 9.17) is 4.74 Å². The molecule has 3 rings (SSSR count). The quantitative estimate of drug-likeness (QED) is 0.343. The number of rotatable bonds is 7. The summed E-state index contributed by atoms with van der Waals surface area (Å²) in [6, 6.07) is 16.0. The molecule has 5 nitrogen and oxygen atoms in total. The second kappa shape index (κ2) is 8.85. The van der Waals surface area contributed by atoms with Gasteiger partial charge in [0.2, 0.25) is 0 Å². The number of aliphatic hydroxyl groups is 1. The van der Waals surface area contributed by atoms with Crippen LogP contribution in [-0.2, 0) is 14.3 Å². The van der Waals surface area contributed by atoms with E-state index in [2.05, 4.69) is 0 Å². The highest BCUT2D eigenvalue weighted by Gasteiger charge is 2.45. The van der Waals surface area contributed by atoms with Crippen LogP contribution in [0.25, 0.3) is 5.76 Å². The number of amides is 1. The van der Waals surface area contributed by atoms with Crippen LogP contribution in [-0.4, -0.2) is 41.5 Å². The number of carbonyl (C=O) groups excluding carboxylic acids is 2. The summed E-state index contributed by atoms with van der Waals surface area (Å²) in [4.78, 5) is 27.1. The number of carbonyl (C=O) groups is 2. The first-order chi connectivity index (χ1) is 13.5. The van der Waals surface area contributed by atoms with Crippen molar-refractivity contribution in [1.29, 1.82) is 0 Å². The standard InChI is InChI=1S/C23H25NO4/c1-3-28-15-7-14-24-20(17-8-5-4-6-9-17)19(22(26)23(24)27)21(25)18-12-10-16(2)11-13-18/h4-6,8-13,20,25H,3,7,14-15H2,1-2H3/t20-/m1/s1. The van der Waals surface area contributed by atoms with Crippen LogP contribution in [0.15, 0.2) is 60.2 Å². The number of aliphatic hydroxyl groups excluding tert-OH is 1. The van der Waals surface area contributed by atoms with Gasteiger partial charge in [-0.3, -0.25) is 9.59 Å². The molecule has 1 N–H and O–H groups in total. The lowest BCUT2D eigenvalue weighted by Crippen LogP contribution is -2.31. The van der Waals surface area contributed by atoms with Crippen molar-refractivity contribution in [3.8, 4) is 0 Å². The Kier molecular flexibility index (Phi) is 6.26. The molecule has 28 heavy (non-hydrogen) atoms. The van der Waals surface area contributed by atoms with E-state index >= 15 is 0 Å². The molecule has 2 aromatic carbocycles. The van der Waals surface area contributed by atoms with Gasteiger partial charge < -0.3 is 14.7 Å². The lowest BCUT2D eigenvalue weighted by molar-refractivity contribution is -0.140. The maximum atomic E-state index is 12.8. The van der Waals surface area contributed by atoms with Gasteiger partial charge in [-0.2, -0.15) is 0 Å². The number of nitrogens with zero attached hydrogens (tertiary/aromatic N) is 1. The predicted molar refractivity (Wildman–Crippen MR) is 108 cm³/mol. The van der Waals surface area contributed by atoms with Gasteiger partial charge in [-0.15, -0.1) is 0 Å². The molecule has 0 unspecified atom stereocenters. The van der Waals surface area contributed by atoms with Gasteiger partial charge in [0.25, 0.3) is 11.7 Å². The van der Waals surface area contributed by atoms with Crippen LogP contribution in [0.5, 0.6) is 0 Å². The van der Waals surface area contributed by atoms with Crippen molar-refractivity contribution < 1.29 is 19.4 Å². The average Bonchev–Trinajstić information content (AvgIpc) is 2.97. The first-order valence-corrected chi connectivity index (χ1v) is 9.52. The molecule has 1 amide bonds. The van der Waals surface area contributed by atoms with Gasteiger partial charge in [0, 0.05) is 25.3 Å². The van der Waals surface area contributed by atoms with Gasteiger partial charge in [-0.25, -0.2) is 0 Å². The minimum Gasteiger partial charge on any atom is -0.507 e. The molecule has 1 fully saturated rings. The molecule has 0 aromatic heterocycles. The van der Waals surface area contributed by atoms with E-state index in [-0.39, 0.29) is 11.3 Å². The summed E-state index contributed by atoms with van der Waals surface area (Å²) >= 11 is 0. The van der Waals surface area contributed by atoms with Crippen LogP contribution in [0.2, 0.25) is 0 Å². The molecule has 1 heterocycles. The number of aryl methyl sites for hydroxylation is 1. The van der Waals surface area contributed by atoms with E-state index in [0.29, 0.717) is 31.7 Å². The van der Waals surface area contributed by atoms with E-state index in [0.717, 1.165) is 11.1 Å². The van der Waals surface area contributed by atoms with Crippen molar-refractivity contribution in [3.05, 3.63) is 76.9 Å². The van der Waals surface area contributed by atoms with Crippen molar-refractivity contribution in [2.45, 2.75) is 26.3 Å². The fourth-order valence-electron chi connectivity index (χ4n) is 3.44. The number of hydrogen-bond donors (Lipinski definition) is 1. The van der Waals surface area contributed by atoms with Gasteiger partial charge in [-0.05, 0) is 25.8 Å². The van der Waals surface area contributed by atoms with Gasteiger partial charge in [-0.1, -0.05) is 60.2 Å². The Morgan fingerprint density at radius 1 is 1.07 bits per heavy atom. The molecule has 1 aliphatic rings. The first kappa shape index (κ1) is 19.8. The Labute approximate surface area is 165 Å². The highest BCUT2D eigenvalue weighted by Crippen LogP contribution is 2.39. The Bertz CT molecular complexity index is 871. The monoisotopic (exact) mass is 379 g/mol.